The van der Waals surface area contributed by atoms with Gasteiger partial charge in [0, 0.05) is 30.1 Å². The van der Waals surface area contributed by atoms with Crippen LogP contribution < -0.4 is 10.6 Å². The molecule has 0 bridgehead atoms. The average molecular weight is 224 g/mol. The smallest absolute Gasteiger partial charge is 0.0305 e. The minimum atomic E-state index is 0.562. The zero-order chi connectivity index (χ0) is 10.7. The molecule has 0 amide bonds. The van der Waals surface area contributed by atoms with Gasteiger partial charge in [-0.15, -0.1) is 11.3 Å². The largest absolute Gasteiger partial charge is 0.312 e. The minimum absolute atomic E-state index is 0.562. The van der Waals surface area contributed by atoms with Crippen LogP contribution in [0.5, 0.6) is 0 Å². The molecule has 1 fully saturated rings. The highest BCUT2D eigenvalue weighted by Gasteiger charge is 2.20. The van der Waals surface area contributed by atoms with E-state index in [9.17, 15) is 0 Å². The Morgan fingerprint density at radius 1 is 1.53 bits per heavy atom. The molecule has 2 N–H and O–H groups in total. The van der Waals surface area contributed by atoms with Gasteiger partial charge in [-0.1, -0.05) is 0 Å². The Kier molecular flexibility index (Phi) is 3.78. The quantitative estimate of drug-likeness (QED) is 0.774. The first-order valence-electron chi connectivity index (χ1n) is 5.75. The van der Waals surface area contributed by atoms with Crippen LogP contribution in [0.25, 0.3) is 0 Å². The van der Waals surface area contributed by atoms with Gasteiger partial charge in [0.15, 0.2) is 0 Å². The molecular formula is C12H20N2S. The van der Waals surface area contributed by atoms with Crippen molar-refractivity contribution in [1.29, 1.82) is 0 Å². The summed E-state index contributed by atoms with van der Waals surface area (Å²) in [5.74, 6) is 0. The average Bonchev–Trinajstić information content (AvgIpc) is 2.96. The number of hydrogen-bond acceptors (Lipinski definition) is 3. The molecule has 0 saturated heterocycles. The van der Waals surface area contributed by atoms with Crippen LogP contribution in [0.4, 0.5) is 0 Å². The van der Waals surface area contributed by atoms with Crippen LogP contribution in [-0.2, 0) is 6.54 Å². The lowest BCUT2D eigenvalue weighted by atomic mass is 10.2. The molecule has 1 heterocycles. The Morgan fingerprint density at radius 3 is 2.93 bits per heavy atom. The molecule has 1 saturated carbocycles. The van der Waals surface area contributed by atoms with Gasteiger partial charge in [-0.05, 0) is 43.7 Å². The van der Waals surface area contributed by atoms with E-state index in [2.05, 4.69) is 35.9 Å². The van der Waals surface area contributed by atoms with Crippen molar-refractivity contribution in [1.82, 2.24) is 10.6 Å². The lowest BCUT2D eigenvalue weighted by Gasteiger charge is -2.14. The molecule has 0 radical (unpaired) electrons. The second kappa shape index (κ2) is 5.10. The lowest BCUT2D eigenvalue weighted by molar-refractivity contribution is 0.501. The maximum atomic E-state index is 3.56. The summed E-state index contributed by atoms with van der Waals surface area (Å²) in [6.45, 7) is 6.53. The third-order valence-electron chi connectivity index (χ3n) is 2.87. The van der Waals surface area contributed by atoms with Gasteiger partial charge in [-0.2, -0.15) is 0 Å². The van der Waals surface area contributed by atoms with Gasteiger partial charge in [0.05, 0.1) is 0 Å². The molecule has 1 aliphatic rings. The highest BCUT2D eigenvalue weighted by Crippen LogP contribution is 2.18. The normalized spacial score (nSPS) is 18.0. The van der Waals surface area contributed by atoms with E-state index in [1.54, 1.807) is 0 Å². The van der Waals surface area contributed by atoms with Crippen LogP contribution in [0.3, 0.4) is 0 Å². The van der Waals surface area contributed by atoms with Crippen molar-refractivity contribution in [3.63, 3.8) is 0 Å². The third kappa shape index (κ3) is 3.59. The lowest BCUT2D eigenvalue weighted by Crippen LogP contribution is -2.36. The summed E-state index contributed by atoms with van der Waals surface area (Å²) >= 11 is 1.85. The van der Waals surface area contributed by atoms with Gasteiger partial charge in [-0.3, -0.25) is 0 Å². The van der Waals surface area contributed by atoms with E-state index in [1.807, 2.05) is 11.3 Å². The van der Waals surface area contributed by atoms with E-state index >= 15 is 0 Å². The van der Waals surface area contributed by atoms with Crippen molar-refractivity contribution in [2.75, 3.05) is 6.54 Å². The molecule has 2 rings (SSSR count). The first-order chi connectivity index (χ1) is 7.25. The molecule has 0 spiro atoms. The maximum absolute atomic E-state index is 3.56. The monoisotopic (exact) mass is 224 g/mol. The summed E-state index contributed by atoms with van der Waals surface area (Å²) in [6.07, 6.45) is 2.74. The van der Waals surface area contributed by atoms with Crippen molar-refractivity contribution < 1.29 is 0 Å². The van der Waals surface area contributed by atoms with Gasteiger partial charge in [0.1, 0.15) is 0 Å². The number of rotatable bonds is 6. The fraction of sp³-hybridized carbons (Fsp3) is 0.667. The first kappa shape index (κ1) is 11.1. The van der Waals surface area contributed by atoms with Crippen LogP contribution in [0.15, 0.2) is 11.4 Å². The van der Waals surface area contributed by atoms with Gasteiger partial charge >= 0.3 is 0 Å². The van der Waals surface area contributed by atoms with Crippen LogP contribution in [0.1, 0.15) is 30.2 Å². The van der Waals surface area contributed by atoms with Crippen molar-refractivity contribution >= 4 is 11.3 Å². The van der Waals surface area contributed by atoms with Crippen molar-refractivity contribution in [2.24, 2.45) is 0 Å². The predicted octanol–water partition coefficient (Wildman–Crippen LogP) is 2.29. The van der Waals surface area contributed by atoms with Crippen molar-refractivity contribution in [3.05, 3.63) is 21.9 Å². The molecule has 1 unspecified atom stereocenters. The fourth-order valence-electron chi connectivity index (χ4n) is 1.56. The summed E-state index contributed by atoms with van der Waals surface area (Å²) in [4.78, 5) is 1.47. The number of thiophene rings is 1. The minimum Gasteiger partial charge on any atom is -0.312 e. The Bertz CT molecular complexity index is 304. The first-order valence-corrected chi connectivity index (χ1v) is 6.63. The molecular weight excluding hydrogens is 204 g/mol. The summed E-state index contributed by atoms with van der Waals surface area (Å²) in [6, 6.07) is 3.57. The second-order valence-electron chi connectivity index (χ2n) is 4.49. The van der Waals surface area contributed by atoms with Crippen LogP contribution in [-0.4, -0.2) is 18.6 Å². The molecule has 1 atom stereocenters. The van der Waals surface area contributed by atoms with E-state index in [0.717, 1.165) is 19.1 Å². The summed E-state index contributed by atoms with van der Waals surface area (Å²) < 4.78 is 0. The van der Waals surface area contributed by atoms with E-state index in [1.165, 1.54) is 23.3 Å². The van der Waals surface area contributed by atoms with Gasteiger partial charge in [-0.25, -0.2) is 0 Å². The number of hydrogen-bond donors (Lipinski definition) is 2. The summed E-state index contributed by atoms with van der Waals surface area (Å²) in [5.41, 5.74) is 1.41. The Balaban J connectivity index is 1.65. The van der Waals surface area contributed by atoms with Crippen LogP contribution in [0, 0.1) is 6.92 Å². The van der Waals surface area contributed by atoms with Gasteiger partial charge in [0.25, 0.3) is 0 Å². The maximum Gasteiger partial charge on any atom is 0.0305 e. The zero-order valence-electron chi connectivity index (χ0n) is 9.55. The van der Waals surface area contributed by atoms with Crippen molar-refractivity contribution in [3.8, 4) is 0 Å². The van der Waals surface area contributed by atoms with E-state index < -0.39 is 0 Å². The topological polar surface area (TPSA) is 24.1 Å². The zero-order valence-corrected chi connectivity index (χ0v) is 10.4. The number of nitrogens with one attached hydrogen (secondary N) is 2. The molecule has 84 valence electrons. The van der Waals surface area contributed by atoms with E-state index in [-0.39, 0.29) is 0 Å². The SMILES string of the molecule is Cc1ccsc1CNC(C)CNC1CC1. The Hall–Kier alpha value is -0.380. The Morgan fingerprint density at radius 2 is 2.33 bits per heavy atom. The van der Waals surface area contributed by atoms with Crippen molar-refractivity contribution in [2.45, 2.75) is 45.3 Å². The Labute approximate surface area is 96.1 Å². The standard InChI is InChI=1S/C12H20N2S/c1-9-5-6-15-12(9)8-13-10(2)7-14-11-3-4-11/h5-6,10-11,13-14H,3-4,7-8H2,1-2H3. The van der Waals surface area contributed by atoms with Gasteiger partial charge in [0.2, 0.25) is 0 Å². The van der Waals surface area contributed by atoms with Crippen LogP contribution >= 0.6 is 11.3 Å². The predicted molar refractivity (Wildman–Crippen MR) is 66.4 cm³/mol. The molecule has 2 nitrogen and oxygen atoms in total. The van der Waals surface area contributed by atoms with Crippen LogP contribution in [0.2, 0.25) is 0 Å². The van der Waals surface area contributed by atoms with Gasteiger partial charge < -0.3 is 10.6 Å². The molecule has 1 aliphatic carbocycles. The van der Waals surface area contributed by atoms with E-state index in [0.29, 0.717) is 6.04 Å². The third-order valence-corrected chi connectivity index (χ3v) is 3.89. The molecule has 0 aliphatic heterocycles. The molecule has 1 aromatic rings. The highest BCUT2D eigenvalue weighted by atomic mass is 32.1. The summed E-state index contributed by atoms with van der Waals surface area (Å²) in [5, 5.41) is 9.26. The highest BCUT2D eigenvalue weighted by molar-refractivity contribution is 7.10. The molecule has 1 aromatic heterocycles. The molecule has 15 heavy (non-hydrogen) atoms. The molecule has 0 aromatic carbocycles. The summed E-state index contributed by atoms with van der Waals surface area (Å²) in [7, 11) is 0. The second-order valence-corrected chi connectivity index (χ2v) is 5.49. The number of aryl methyl sites for hydroxylation is 1. The van der Waals surface area contributed by atoms with E-state index in [4.69, 9.17) is 0 Å². The molecule has 3 heteroatoms. The fourth-order valence-corrected chi connectivity index (χ4v) is 2.41.